The first-order chi connectivity index (χ1) is 12.8. The average molecular weight is 375 g/mol. The van der Waals surface area contributed by atoms with Crippen molar-refractivity contribution < 1.29 is 34.0 Å². The third-order valence-corrected chi connectivity index (χ3v) is 3.31. The molecule has 0 fully saturated rings. The van der Waals surface area contributed by atoms with Crippen molar-refractivity contribution in [1.82, 2.24) is 0 Å². The van der Waals surface area contributed by atoms with E-state index in [1.165, 1.54) is 0 Å². The van der Waals surface area contributed by atoms with E-state index in [0.717, 1.165) is 28.4 Å². The monoisotopic (exact) mass is 375 g/mol. The molecule has 144 valence electrons. The van der Waals surface area contributed by atoms with E-state index in [2.05, 4.69) is 0 Å². The minimum Gasteiger partial charge on any atom is -0.497 e. The maximum atomic E-state index is 9.10. The minimum atomic E-state index is -1.82. The predicted octanol–water partition coefficient (Wildman–Crippen LogP) is 2.62. The van der Waals surface area contributed by atoms with Crippen LogP contribution in [0.25, 0.3) is 12.2 Å². The summed E-state index contributed by atoms with van der Waals surface area (Å²) in [6, 6.07) is 11.3. The minimum absolute atomic E-state index is 0.667. The number of hydrogen-bond donors (Lipinski definition) is 3. The van der Waals surface area contributed by atoms with E-state index in [4.69, 9.17) is 39.7 Å². The van der Waals surface area contributed by atoms with Gasteiger partial charge in [0.15, 0.2) is 0 Å². The van der Waals surface area contributed by atoms with Gasteiger partial charge in [0.05, 0.1) is 21.3 Å². The van der Waals surface area contributed by atoms with Crippen LogP contribution in [0.5, 0.6) is 17.2 Å². The molecule has 27 heavy (non-hydrogen) atoms. The summed E-state index contributed by atoms with van der Waals surface area (Å²) in [7, 11) is 4.88. The molecule has 0 aromatic heterocycles. The van der Waals surface area contributed by atoms with Gasteiger partial charge in [-0.25, -0.2) is 9.59 Å². The summed E-state index contributed by atoms with van der Waals surface area (Å²) in [5.74, 6) is -1.41. The van der Waals surface area contributed by atoms with E-state index < -0.39 is 11.9 Å². The molecule has 0 saturated heterocycles. The Balaban J connectivity index is 0.000000527. The molecule has 0 aliphatic heterocycles. The summed E-state index contributed by atoms with van der Waals surface area (Å²) >= 11 is 0. The molecule has 0 unspecified atom stereocenters. The second-order valence-corrected chi connectivity index (χ2v) is 5.08. The maximum Gasteiger partial charge on any atom is 0.414 e. The van der Waals surface area contributed by atoms with Crippen LogP contribution in [0.1, 0.15) is 11.1 Å². The Kier molecular flexibility index (Phi) is 8.18. The molecule has 0 radical (unpaired) electrons. The normalized spacial score (nSPS) is 9.89. The lowest BCUT2D eigenvalue weighted by Gasteiger charge is -2.06. The molecule has 0 aliphatic rings. The van der Waals surface area contributed by atoms with Crippen molar-refractivity contribution in [2.75, 3.05) is 27.1 Å². The van der Waals surface area contributed by atoms with Crippen LogP contribution >= 0.6 is 0 Å². The number of aliphatic carboxylic acids is 2. The van der Waals surface area contributed by atoms with Crippen molar-refractivity contribution in [3.05, 3.63) is 47.5 Å². The second kappa shape index (κ2) is 10.3. The molecule has 0 aliphatic carbocycles. The Hall–Kier alpha value is -3.68. The van der Waals surface area contributed by atoms with Crippen LogP contribution in [0.3, 0.4) is 0 Å². The van der Waals surface area contributed by atoms with Gasteiger partial charge in [-0.15, -0.1) is 0 Å². The van der Waals surface area contributed by atoms with E-state index >= 15 is 0 Å². The zero-order chi connectivity index (χ0) is 20.4. The summed E-state index contributed by atoms with van der Waals surface area (Å²) < 4.78 is 15.6. The standard InChI is InChI=1S/C17H19NO3.C2H2O4/c1-19-14-7-6-13(17(18)11-14)5-4-12-8-15(20-2)10-16(9-12)21-3;3-1(4)2(5)6/h4-11H,18H2,1-3H3;(H,3,4)(H,5,6). The highest BCUT2D eigenvalue weighted by Crippen LogP contribution is 2.25. The molecule has 0 atom stereocenters. The van der Waals surface area contributed by atoms with Gasteiger partial charge in [0.25, 0.3) is 0 Å². The molecule has 0 spiro atoms. The zero-order valence-corrected chi connectivity index (χ0v) is 15.1. The molecular weight excluding hydrogens is 354 g/mol. The van der Waals surface area contributed by atoms with Crippen LogP contribution in [-0.4, -0.2) is 43.5 Å². The van der Waals surface area contributed by atoms with Crippen molar-refractivity contribution in [3.63, 3.8) is 0 Å². The van der Waals surface area contributed by atoms with E-state index in [0.29, 0.717) is 5.69 Å². The summed E-state index contributed by atoms with van der Waals surface area (Å²) in [6.07, 6.45) is 3.91. The molecule has 4 N–H and O–H groups in total. The lowest BCUT2D eigenvalue weighted by molar-refractivity contribution is -0.159. The van der Waals surface area contributed by atoms with Gasteiger partial charge in [-0.3, -0.25) is 0 Å². The molecule has 0 bridgehead atoms. The molecule has 0 heterocycles. The van der Waals surface area contributed by atoms with Crippen molar-refractivity contribution in [3.8, 4) is 17.2 Å². The van der Waals surface area contributed by atoms with Gasteiger partial charge < -0.3 is 30.2 Å². The Bertz CT molecular complexity index is 797. The Morgan fingerprint density at radius 3 is 1.74 bits per heavy atom. The van der Waals surface area contributed by atoms with Gasteiger partial charge in [-0.1, -0.05) is 12.2 Å². The lowest BCUT2D eigenvalue weighted by Crippen LogP contribution is -2.09. The van der Waals surface area contributed by atoms with Crippen LogP contribution < -0.4 is 19.9 Å². The molecular formula is C19H21NO7. The first-order valence-electron chi connectivity index (χ1n) is 7.61. The highest BCUT2D eigenvalue weighted by atomic mass is 16.5. The number of nitrogens with two attached hydrogens (primary N) is 1. The van der Waals surface area contributed by atoms with Crippen LogP contribution in [0.15, 0.2) is 36.4 Å². The number of carbonyl (C=O) groups is 2. The smallest absolute Gasteiger partial charge is 0.414 e. The summed E-state index contributed by atoms with van der Waals surface area (Å²) in [5, 5.41) is 14.8. The number of rotatable bonds is 5. The number of nitrogen functional groups attached to an aromatic ring is 1. The molecule has 2 rings (SSSR count). The lowest BCUT2D eigenvalue weighted by atomic mass is 10.1. The number of hydrogen-bond acceptors (Lipinski definition) is 6. The third kappa shape index (κ3) is 6.99. The van der Waals surface area contributed by atoms with E-state index in [1.807, 2.05) is 42.5 Å². The summed E-state index contributed by atoms with van der Waals surface area (Å²) in [5.41, 5.74) is 8.56. The SMILES string of the molecule is COc1cc(C=Cc2ccc(OC)cc2N)cc(OC)c1.O=C(O)C(=O)O. The van der Waals surface area contributed by atoms with Crippen molar-refractivity contribution in [2.45, 2.75) is 0 Å². The third-order valence-electron chi connectivity index (χ3n) is 3.31. The molecule has 0 amide bonds. The largest absolute Gasteiger partial charge is 0.497 e. The summed E-state index contributed by atoms with van der Waals surface area (Å²) in [4.78, 5) is 18.2. The maximum absolute atomic E-state index is 9.10. The van der Waals surface area contributed by atoms with Crippen molar-refractivity contribution in [1.29, 1.82) is 0 Å². The Morgan fingerprint density at radius 1 is 0.815 bits per heavy atom. The van der Waals surface area contributed by atoms with Crippen LogP contribution in [0.2, 0.25) is 0 Å². The van der Waals surface area contributed by atoms with Gasteiger partial charge >= 0.3 is 11.9 Å². The fourth-order valence-corrected chi connectivity index (χ4v) is 1.94. The van der Waals surface area contributed by atoms with E-state index in [1.54, 1.807) is 27.4 Å². The van der Waals surface area contributed by atoms with Gasteiger partial charge in [0.1, 0.15) is 17.2 Å². The number of anilines is 1. The van der Waals surface area contributed by atoms with Gasteiger partial charge in [-0.2, -0.15) is 0 Å². The highest BCUT2D eigenvalue weighted by molar-refractivity contribution is 6.27. The van der Waals surface area contributed by atoms with Gasteiger partial charge in [0, 0.05) is 17.8 Å². The Morgan fingerprint density at radius 2 is 1.33 bits per heavy atom. The first-order valence-corrected chi connectivity index (χ1v) is 7.61. The Labute approximate surface area is 156 Å². The van der Waals surface area contributed by atoms with Crippen LogP contribution in [0.4, 0.5) is 5.69 Å². The van der Waals surface area contributed by atoms with E-state index in [-0.39, 0.29) is 0 Å². The fourth-order valence-electron chi connectivity index (χ4n) is 1.94. The second-order valence-electron chi connectivity index (χ2n) is 5.08. The summed E-state index contributed by atoms with van der Waals surface area (Å²) in [6.45, 7) is 0. The highest BCUT2D eigenvalue weighted by Gasteiger charge is 2.04. The molecule has 2 aromatic rings. The molecule has 0 saturated carbocycles. The number of ether oxygens (including phenoxy) is 3. The molecule has 8 nitrogen and oxygen atoms in total. The molecule has 2 aromatic carbocycles. The topological polar surface area (TPSA) is 128 Å². The number of carboxylic acid groups (broad SMARTS) is 2. The van der Waals surface area contributed by atoms with Gasteiger partial charge in [-0.05, 0) is 35.4 Å². The van der Waals surface area contributed by atoms with Crippen LogP contribution in [-0.2, 0) is 9.59 Å². The van der Waals surface area contributed by atoms with Gasteiger partial charge in [0.2, 0.25) is 0 Å². The van der Waals surface area contributed by atoms with Crippen LogP contribution in [0, 0.1) is 0 Å². The van der Waals surface area contributed by atoms with Crippen molar-refractivity contribution in [2.24, 2.45) is 0 Å². The number of methoxy groups -OCH3 is 3. The zero-order valence-electron chi connectivity index (χ0n) is 15.1. The number of carboxylic acids is 2. The van der Waals surface area contributed by atoms with Crippen molar-refractivity contribution >= 4 is 29.8 Å². The fraction of sp³-hybridized carbons (Fsp3) is 0.158. The molecule has 8 heteroatoms. The number of benzene rings is 2. The predicted molar refractivity (Wildman–Crippen MR) is 101 cm³/mol. The van der Waals surface area contributed by atoms with E-state index in [9.17, 15) is 0 Å². The first kappa shape index (κ1) is 21.4. The quantitative estimate of drug-likeness (QED) is 0.413. The average Bonchev–Trinajstić information content (AvgIpc) is 2.66.